The lowest BCUT2D eigenvalue weighted by Crippen LogP contribution is -2.26. The van der Waals surface area contributed by atoms with Crippen molar-refractivity contribution in [2.75, 3.05) is 7.05 Å². The Morgan fingerprint density at radius 2 is 1.77 bits per heavy atom. The van der Waals surface area contributed by atoms with Gasteiger partial charge in [0.25, 0.3) is 5.91 Å². The van der Waals surface area contributed by atoms with E-state index in [0.717, 1.165) is 10.3 Å². The minimum absolute atomic E-state index is 0.0816. The predicted octanol–water partition coefficient (Wildman–Crippen LogP) is 5.20. The smallest absolute Gasteiger partial charge is 0.279 e. The zero-order valence-electron chi connectivity index (χ0n) is 18.5. The van der Waals surface area contributed by atoms with Crippen molar-refractivity contribution in [1.29, 1.82) is 0 Å². The Morgan fingerprint density at radius 3 is 2.43 bits per heavy atom. The fraction of sp³-hybridized carbons (Fsp3) is 0.120. The third-order valence-electron chi connectivity index (χ3n) is 5.24. The molecule has 0 radical (unpaired) electrons. The van der Waals surface area contributed by atoms with Gasteiger partial charge in [0.15, 0.2) is 4.80 Å². The monoisotopic (exact) mass is 543 g/mol. The van der Waals surface area contributed by atoms with Crippen LogP contribution in [0, 0.1) is 12.3 Å². The summed E-state index contributed by atoms with van der Waals surface area (Å²) in [5.74, 6) is 2.00. The van der Waals surface area contributed by atoms with Gasteiger partial charge in [-0.1, -0.05) is 70.8 Å². The SMILES string of the molecule is C#CCn1c(=NC(=O)c2ccc(S(=O)(=O)N(C)Cc3ccccc3)cc2)sc2ccc(Cl)c(Cl)c21. The molecule has 1 amide bonds. The third kappa shape index (κ3) is 5.20. The fourth-order valence-electron chi connectivity index (χ4n) is 3.45. The Balaban J connectivity index is 1.63. The lowest BCUT2D eigenvalue weighted by molar-refractivity contribution is 0.0998. The number of terminal acetylenes is 1. The van der Waals surface area contributed by atoms with Crippen molar-refractivity contribution in [3.05, 3.63) is 92.7 Å². The molecule has 3 aromatic carbocycles. The Kier molecular flexibility index (Phi) is 7.45. The topological polar surface area (TPSA) is 71.7 Å². The summed E-state index contributed by atoms with van der Waals surface area (Å²) in [6.45, 7) is 0.379. The average molecular weight is 544 g/mol. The quantitative estimate of drug-likeness (QED) is 0.313. The molecule has 0 spiro atoms. The van der Waals surface area contributed by atoms with Crippen LogP contribution in [-0.4, -0.2) is 30.2 Å². The first-order chi connectivity index (χ1) is 16.7. The van der Waals surface area contributed by atoms with Crippen molar-refractivity contribution >= 4 is 60.7 Å². The number of carbonyl (C=O) groups is 1. The molecule has 6 nitrogen and oxygen atoms in total. The molecule has 0 fully saturated rings. The molecule has 178 valence electrons. The highest BCUT2D eigenvalue weighted by molar-refractivity contribution is 7.89. The molecule has 0 aliphatic heterocycles. The van der Waals surface area contributed by atoms with Crippen molar-refractivity contribution in [2.45, 2.75) is 18.0 Å². The fourth-order valence-corrected chi connectivity index (χ4v) is 6.12. The minimum Gasteiger partial charge on any atom is -0.303 e. The van der Waals surface area contributed by atoms with Crippen LogP contribution in [0.3, 0.4) is 0 Å². The van der Waals surface area contributed by atoms with E-state index in [0.29, 0.717) is 20.4 Å². The number of hydrogen-bond donors (Lipinski definition) is 0. The van der Waals surface area contributed by atoms with Gasteiger partial charge in [-0.3, -0.25) is 4.79 Å². The number of aromatic nitrogens is 1. The molecule has 0 aliphatic carbocycles. The largest absolute Gasteiger partial charge is 0.303 e. The maximum Gasteiger partial charge on any atom is 0.279 e. The molecule has 0 N–H and O–H groups in total. The number of fused-ring (bicyclic) bond motifs is 1. The molecular formula is C25H19Cl2N3O3S2. The van der Waals surface area contributed by atoms with Gasteiger partial charge in [-0.05, 0) is 42.0 Å². The number of thiazole rings is 1. The number of benzene rings is 3. The van der Waals surface area contributed by atoms with E-state index in [1.54, 1.807) is 16.7 Å². The molecule has 35 heavy (non-hydrogen) atoms. The van der Waals surface area contributed by atoms with Crippen molar-refractivity contribution in [3.63, 3.8) is 0 Å². The summed E-state index contributed by atoms with van der Waals surface area (Å²) in [6, 6.07) is 18.4. The molecule has 0 unspecified atom stereocenters. The lowest BCUT2D eigenvalue weighted by Gasteiger charge is -2.17. The summed E-state index contributed by atoms with van der Waals surface area (Å²) in [4.78, 5) is 17.6. The van der Waals surface area contributed by atoms with Crippen LogP contribution in [-0.2, 0) is 23.1 Å². The number of rotatable bonds is 6. The zero-order valence-corrected chi connectivity index (χ0v) is 21.6. The summed E-state index contributed by atoms with van der Waals surface area (Å²) in [6.07, 6.45) is 5.51. The van der Waals surface area contributed by atoms with Gasteiger partial charge >= 0.3 is 0 Å². The van der Waals surface area contributed by atoms with Crippen molar-refractivity contribution < 1.29 is 13.2 Å². The lowest BCUT2D eigenvalue weighted by atomic mass is 10.2. The van der Waals surface area contributed by atoms with Gasteiger partial charge in [0.2, 0.25) is 10.0 Å². The third-order valence-corrected chi connectivity index (χ3v) is 8.89. The van der Waals surface area contributed by atoms with Crippen LogP contribution in [0.4, 0.5) is 0 Å². The van der Waals surface area contributed by atoms with Gasteiger partial charge in [0, 0.05) is 19.2 Å². The molecule has 0 bridgehead atoms. The summed E-state index contributed by atoms with van der Waals surface area (Å²) >= 11 is 13.8. The Hall–Kier alpha value is -2.93. The van der Waals surface area contributed by atoms with Gasteiger partial charge in [-0.15, -0.1) is 6.42 Å². The first kappa shape index (κ1) is 25.2. The number of sulfonamides is 1. The highest BCUT2D eigenvalue weighted by atomic mass is 35.5. The van der Waals surface area contributed by atoms with Gasteiger partial charge < -0.3 is 4.57 Å². The van der Waals surface area contributed by atoms with E-state index in [9.17, 15) is 13.2 Å². The van der Waals surface area contributed by atoms with Crippen LogP contribution in [0.5, 0.6) is 0 Å². The van der Waals surface area contributed by atoms with E-state index in [1.165, 1.54) is 47.0 Å². The van der Waals surface area contributed by atoms with Crippen molar-refractivity contribution in [2.24, 2.45) is 4.99 Å². The Bertz CT molecular complexity index is 1620. The van der Waals surface area contributed by atoms with Crippen LogP contribution in [0.1, 0.15) is 15.9 Å². The normalized spacial score (nSPS) is 12.3. The highest BCUT2D eigenvalue weighted by Crippen LogP contribution is 2.32. The second-order valence-corrected chi connectivity index (χ2v) is 11.4. The van der Waals surface area contributed by atoms with E-state index < -0.39 is 15.9 Å². The van der Waals surface area contributed by atoms with Crippen molar-refractivity contribution in [1.82, 2.24) is 8.87 Å². The maximum atomic E-state index is 13.0. The summed E-state index contributed by atoms with van der Waals surface area (Å²) in [5.41, 5.74) is 1.72. The summed E-state index contributed by atoms with van der Waals surface area (Å²) < 4.78 is 29.6. The molecule has 1 heterocycles. The molecule has 0 atom stereocenters. The van der Waals surface area contributed by atoms with Gasteiger partial charge in [-0.25, -0.2) is 8.42 Å². The second-order valence-electron chi connectivity index (χ2n) is 7.57. The second kappa shape index (κ2) is 10.4. The van der Waals surface area contributed by atoms with E-state index in [2.05, 4.69) is 10.9 Å². The van der Waals surface area contributed by atoms with Crippen LogP contribution in [0.15, 0.2) is 76.6 Å². The molecule has 1 aromatic heterocycles. The molecule has 0 aliphatic rings. The number of carbonyl (C=O) groups excluding carboxylic acids is 1. The molecular weight excluding hydrogens is 525 g/mol. The number of amides is 1. The Morgan fingerprint density at radius 1 is 1.09 bits per heavy atom. The first-order valence-electron chi connectivity index (χ1n) is 10.3. The van der Waals surface area contributed by atoms with Gasteiger partial charge in [0.05, 0.1) is 31.7 Å². The highest BCUT2D eigenvalue weighted by Gasteiger charge is 2.21. The van der Waals surface area contributed by atoms with Gasteiger partial charge in [-0.2, -0.15) is 9.30 Å². The summed E-state index contributed by atoms with van der Waals surface area (Å²) in [5, 5.41) is 0.702. The maximum absolute atomic E-state index is 13.0. The molecule has 0 saturated carbocycles. The average Bonchev–Trinajstić information content (AvgIpc) is 3.19. The van der Waals surface area contributed by atoms with Crippen molar-refractivity contribution in [3.8, 4) is 12.3 Å². The van der Waals surface area contributed by atoms with Crippen LogP contribution < -0.4 is 4.80 Å². The van der Waals surface area contributed by atoms with E-state index in [4.69, 9.17) is 29.6 Å². The number of hydrogen-bond acceptors (Lipinski definition) is 4. The van der Waals surface area contributed by atoms with E-state index in [-0.39, 0.29) is 23.5 Å². The van der Waals surface area contributed by atoms with E-state index >= 15 is 0 Å². The zero-order chi connectivity index (χ0) is 25.2. The predicted molar refractivity (Wildman–Crippen MR) is 140 cm³/mol. The van der Waals surface area contributed by atoms with Gasteiger partial charge in [0.1, 0.15) is 0 Å². The first-order valence-corrected chi connectivity index (χ1v) is 13.3. The molecule has 0 saturated heterocycles. The van der Waals surface area contributed by atoms with Crippen LogP contribution >= 0.6 is 34.5 Å². The Labute approximate surface area is 217 Å². The summed E-state index contributed by atoms with van der Waals surface area (Å²) in [7, 11) is -2.23. The molecule has 4 rings (SSSR count). The van der Waals surface area contributed by atoms with Crippen LogP contribution in [0.2, 0.25) is 10.0 Å². The minimum atomic E-state index is -3.74. The van der Waals surface area contributed by atoms with E-state index in [1.807, 2.05) is 30.3 Å². The molecule has 10 heteroatoms. The van der Waals surface area contributed by atoms with Crippen LogP contribution in [0.25, 0.3) is 10.2 Å². The standard InChI is InChI=1S/C25H19Cl2N3O3S2/c1-3-15-30-23-21(14-13-20(26)22(23)27)34-25(30)28-24(31)18-9-11-19(12-10-18)35(32,33)29(2)16-17-7-5-4-6-8-17/h1,4-14H,15-16H2,2H3. The number of nitrogens with zero attached hydrogens (tertiary/aromatic N) is 3. The molecule has 4 aromatic rings. The number of halogens is 2.